The molecule has 154 valence electrons. The van der Waals surface area contributed by atoms with Crippen LogP contribution in [-0.2, 0) is 11.2 Å². The molecule has 0 aliphatic heterocycles. The van der Waals surface area contributed by atoms with E-state index in [4.69, 9.17) is 0 Å². The van der Waals surface area contributed by atoms with Crippen LogP contribution in [0.5, 0.6) is 0 Å². The van der Waals surface area contributed by atoms with Crippen LogP contribution in [0, 0.1) is 5.82 Å². The van der Waals surface area contributed by atoms with Gasteiger partial charge in [-0.25, -0.2) is 9.07 Å². The van der Waals surface area contributed by atoms with Crippen molar-refractivity contribution in [2.45, 2.75) is 6.42 Å². The summed E-state index contributed by atoms with van der Waals surface area (Å²) in [6.07, 6.45) is 1.63. The highest BCUT2D eigenvalue weighted by Crippen LogP contribution is 2.23. The molecule has 0 spiro atoms. The number of carbonyl (C=O) groups is 2. The van der Waals surface area contributed by atoms with Crippen LogP contribution in [0.15, 0.2) is 91.1 Å². The summed E-state index contributed by atoms with van der Waals surface area (Å²) < 4.78 is 14.6. The fourth-order valence-corrected chi connectivity index (χ4v) is 3.09. The summed E-state index contributed by atoms with van der Waals surface area (Å²) in [7, 11) is 0. The van der Waals surface area contributed by atoms with E-state index < -0.39 is 11.8 Å². The molecule has 7 heteroatoms. The number of nitrogens with zero attached hydrogens (tertiary/aromatic N) is 2. The van der Waals surface area contributed by atoms with Gasteiger partial charge in [-0.2, -0.15) is 5.10 Å². The Balaban J connectivity index is 1.53. The van der Waals surface area contributed by atoms with Gasteiger partial charge in [0.1, 0.15) is 11.5 Å². The number of nitrogens with one attached hydrogen (secondary N) is 2. The van der Waals surface area contributed by atoms with Crippen molar-refractivity contribution in [2.75, 3.05) is 0 Å². The number of hydrogen-bond acceptors (Lipinski definition) is 3. The van der Waals surface area contributed by atoms with E-state index in [0.717, 1.165) is 11.3 Å². The summed E-state index contributed by atoms with van der Waals surface area (Å²) in [6, 6.07) is 24.4. The zero-order chi connectivity index (χ0) is 21.6. The maximum atomic E-state index is 13.0. The lowest BCUT2D eigenvalue weighted by atomic mass is 10.1. The summed E-state index contributed by atoms with van der Waals surface area (Å²) in [5.74, 6) is -1.29. The third kappa shape index (κ3) is 4.84. The molecular formula is C24H19FN4O2. The Morgan fingerprint density at radius 2 is 1.48 bits per heavy atom. The quantitative estimate of drug-likeness (QED) is 0.489. The number of hydrazine groups is 1. The van der Waals surface area contributed by atoms with Gasteiger partial charge in [-0.15, -0.1) is 0 Å². The van der Waals surface area contributed by atoms with E-state index in [-0.39, 0.29) is 12.2 Å². The van der Waals surface area contributed by atoms with Gasteiger partial charge < -0.3 is 0 Å². The fourth-order valence-electron chi connectivity index (χ4n) is 3.09. The number of halogens is 1. The summed E-state index contributed by atoms with van der Waals surface area (Å²) in [6.45, 7) is 0. The van der Waals surface area contributed by atoms with Gasteiger partial charge in [0.15, 0.2) is 0 Å². The van der Waals surface area contributed by atoms with Crippen LogP contribution >= 0.6 is 0 Å². The first-order valence-electron chi connectivity index (χ1n) is 9.64. The van der Waals surface area contributed by atoms with Crippen LogP contribution in [-0.4, -0.2) is 21.6 Å². The maximum absolute atomic E-state index is 13.0. The van der Waals surface area contributed by atoms with E-state index >= 15 is 0 Å². The van der Waals surface area contributed by atoms with Crippen molar-refractivity contribution in [1.29, 1.82) is 0 Å². The molecule has 4 aromatic rings. The van der Waals surface area contributed by atoms with E-state index in [1.165, 1.54) is 24.3 Å². The average Bonchev–Trinajstić information content (AvgIpc) is 3.26. The summed E-state index contributed by atoms with van der Waals surface area (Å²) in [5, 5.41) is 4.58. The van der Waals surface area contributed by atoms with Gasteiger partial charge in [0.05, 0.1) is 17.7 Å². The predicted octanol–water partition coefficient (Wildman–Crippen LogP) is 3.68. The number of amides is 2. The maximum Gasteiger partial charge on any atom is 0.273 e. The largest absolute Gasteiger partial charge is 0.273 e. The van der Waals surface area contributed by atoms with Gasteiger partial charge >= 0.3 is 0 Å². The molecular weight excluding hydrogens is 395 g/mol. The Bertz CT molecular complexity index is 1190. The van der Waals surface area contributed by atoms with Crippen LogP contribution in [0.4, 0.5) is 4.39 Å². The number of benzene rings is 3. The van der Waals surface area contributed by atoms with Crippen molar-refractivity contribution >= 4 is 11.8 Å². The number of para-hydroxylation sites is 1. The molecule has 4 rings (SSSR count). The molecule has 0 saturated heterocycles. The molecule has 6 nitrogen and oxygen atoms in total. The van der Waals surface area contributed by atoms with Gasteiger partial charge in [-0.05, 0) is 29.8 Å². The SMILES string of the molecule is O=C(Cc1ccc(F)cc1)NNC(=O)c1cn(-c2ccccc2)nc1-c1ccccc1. The molecule has 3 aromatic carbocycles. The van der Waals surface area contributed by atoms with Crippen LogP contribution in [0.1, 0.15) is 15.9 Å². The van der Waals surface area contributed by atoms with E-state index in [1.807, 2.05) is 60.7 Å². The Kier molecular flexibility index (Phi) is 5.84. The molecule has 0 saturated carbocycles. The summed E-state index contributed by atoms with van der Waals surface area (Å²) in [4.78, 5) is 25.0. The van der Waals surface area contributed by atoms with Crippen LogP contribution in [0.3, 0.4) is 0 Å². The van der Waals surface area contributed by atoms with Crippen LogP contribution < -0.4 is 10.9 Å². The second-order valence-electron chi connectivity index (χ2n) is 6.84. The van der Waals surface area contributed by atoms with E-state index in [0.29, 0.717) is 16.8 Å². The first-order chi connectivity index (χ1) is 15.1. The highest BCUT2D eigenvalue weighted by Gasteiger charge is 2.19. The highest BCUT2D eigenvalue weighted by molar-refractivity contribution is 6.00. The Hall–Kier alpha value is -4.26. The number of rotatable bonds is 5. The minimum atomic E-state index is -0.492. The predicted molar refractivity (Wildman–Crippen MR) is 115 cm³/mol. The van der Waals surface area contributed by atoms with Gasteiger partial charge in [0.25, 0.3) is 5.91 Å². The highest BCUT2D eigenvalue weighted by atomic mass is 19.1. The Morgan fingerprint density at radius 3 is 2.16 bits per heavy atom. The molecule has 31 heavy (non-hydrogen) atoms. The summed E-state index contributed by atoms with van der Waals surface area (Å²) in [5.41, 5.74) is 7.87. The second kappa shape index (κ2) is 9.04. The van der Waals surface area contributed by atoms with E-state index in [2.05, 4.69) is 16.0 Å². The molecule has 0 bridgehead atoms. The smallest absolute Gasteiger partial charge is 0.273 e. The van der Waals surface area contributed by atoms with Crippen molar-refractivity contribution in [3.05, 3.63) is 108 Å². The van der Waals surface area contributed by atoms with Crippen LogP contribution in [0.2, 0.25) is 0 Å². The lowest BCUT2D eigenvalue weighted by Gasteiger charge is -2.07. The summed E-state index contributed by atoms with van der Waals surface area (Å²) >= 11 is 0. The van der Waals surface area contributed by atoms with E-state index in [1.54, 1.807) is 10.9 Å². The van der Waals surface area contributed by atoms with Crippen molar-refractivity contribution in [1.82, 2.24) is 20.6 Å². The van der Waals surface area contributed by atoms with Crippen molar-refractivity contribution in [3.63, 3.8) is 0 Å². The fraction of sp³-hybridized carbons (Fsp3) is 0.0417. The topological polar surface area (TPSA) is 76.0 Å². The monoisotopic (exact) mass is 414 g/mol. The molecule has 0 aliphatic rings. The molecule has 2 N–H and O–H groups in total. The minimum Gasteiger partial charge on any atom is -0.273 e. The van der Waals surface area contributed by atoms with Gasteiger partial charge in [0.2, 0.25) is 5.91 Å². The van der Waals surface area contributed by atoms with Crippen molar-refractivity contribution in [3.8, 4) is 16.9 Å². The lowest BCUT2D eigenvalue weighted by molar-refractivity contribution is -0.121. The van der Waals surface area contributed by atoms with Crippen molar-refractivity contribution in [2.24, 2.45) is 0 Å². The van der Waals surface area contributed by atoms with Crippen LogP contribution in [0.25, 0.3) is 16.9 Å². The third-order valence-electron chi connectivity index (χ3n) is 4.62. The van der Waals surface area contributed by atoms with Gasteiger partial charge in [0, 0.05) is 11.8 Å². The van der Waals surface area contributed by atoms with E-state index in [9.17, 15) is 14.0 Å². The molecule has 0 radical (unpaired) electrons. The number of carbonyl (C=O) groups excluding carboxylic acids is 2. The standard InChI is InChI=1S/C24H19FN4O2/c25-19-13-11-17(12-14-19)15-22(30)26-27-24(31)21-16-29(20-9-5-2-6-10-20)28-23(21)18-7-3-1-4-8-18/h1-14,16H,15H2,(H,26,30)(H,27,31). The Morgan fingerprint density at radius 1 is 0.839 bits per heavy atom. The molecule has 0 atom stereocenters. The Labute approximate surface area is 178 Å². The average molecular weight is 414 g/mol. The number of aromatic nitrogens is 2. The number of hydrogen-bond donors (Lipinski definition) is 2. The molecule has 0 unspecified atom stereocenters. The molecule has 2 amide bonds. The second-order valence-corrected chi connectivity index (χ2v) is 6.84. The molecule has 1 heterocycles. The van der Waals surface area contributed by atoms with Crippen molar-refractivity contribution < 1.29 is 14.0 Å². The molecule has 1 aromatic heterocycles. The normalized spacial score (nSPS) is 10.5. The molecule has 0 aliphatic carbocycles. The minimum absolute atomic E-state index is 0.00931. The molecule has 0 fully saturated rings. The first-order valence-corrected chi connectivity index (χ1v) is 9.64. The zero-order valence-electron chi connectivity index (χ0n) is 16.5. The first kappa shape index (κ1) is 20.0. The lowest BCUT2D eigenvalue weighted by Crippen LogP contribution is -2.42. The van der Waals surface area contributed by atoms with Gasteiger partial charge in [-0.1, -0.05) is 60.7 Å². The zero-order valence-corrected chi connectivity index (χ0v) is 16.5. The third-order valence-corrected chi connectivity index (χ3v) is 4.62. The van der Waals surface area contributed by atoms with Gasteiger partial charge in [-0.3, -0.25) is 20.4 Å².